The number of aliphatic hydroxyl groups excluding tert-OH is 1. The van der Waals surface area contributed by atoms with E-state index in [1.54, 1.807) is 0 Å². The highest BCUT2D eigenvalue weighted by molar-refractivity contribution is 7.79. The molecule has 0 aliphatic carbocycles. The van der Waals surface area contributed by atoms with Crippen LogP contribution in [-0.4, -0.2) is 16.9 Å². The molecule has 0 unspecified atom stereocenters. The third-order valence-corrected chi connectivity index (χ3v) is 8.07. The van der Waals surface area contributed by atoms with E-state index in [9.17, 15) is 9.67 Å². The Morgan fingerprint density at radius 3 is 1.88 bits per heavy atom. The number of unbranched alkanes of at least 4 members (excludes halogenated alkanes) is 1. The zero-order valence-corrected chi connectivity index (χ0v) is 15.5. The summed E-state index contributed by atoms with van der Waals surface area (Å²) in [4.78, 5) is 0. The summed E-state index contributed by atoms with van der Waals surface area (Å²) in [7, 11) is -2.98. The van der Waals surface area contributed by atoms with Crippen LogP contribution in [0.5, 0.6) is 0 Å². The minimum atomic E-state index is -2.98. The number of hydrogen-bond acceptors (Lipinski definition) is 2. The molecule has 2 aromatic rings. The Morgan fingerprint density at radius 1 is 1.04 bits per heavy atom. The molecule has 0 heterocycles. The summed E-state index contributed by atoms with van der Waals surface area (Å²) in [6.45, 7) is 7.83. The molecule has 24 heavy (non-hydrogen) atoms. The average molecular weight is 342 g/mol. The molecular weight excluding hydrogens is 315 g/mol. The molecule has 0 radical (unpaired) electrons. The molecule has 0 spiro atoms. The lowest BCUT2D eigenvalue weighted by atomic mass is 10.1. The highest BCUT2D eigenvalue weighted by atomic mass is 31.2. The standard InChI is InChI=1S/C21H27O2P/c1-4-5-16-20(21(22)17(2)3)24(23,18-12-8-6-9-13-18)19-14-10-7-11-15-19/h6-15,20-22H,2,4-5,16H2,1,3H3/t20-,21-/m1/s1. The predicted octanol–water partition coefficient (Wildman–Crippen LogP) is 4.50. The van der Waals surface area contributed by atoms with E-state index < -0.39 is 13.2 Å². The Morgan fingerprint density at radius 2 is 1.50 bits per heavy atom. The van der Waals surface area contributed by atoms with Crippen molar-refractivity contribution in [1.82, 2.24) is 0 Å². The van der Waals surface area contributed by atoms with Crippen molar-refractivity contribution in [3.05, 3.63) is 72.8 Å². The van der Waals surface area contributed by atoms with Gasteiger partial charge >= 0.3 is 0 Å². The minimum Gasteiger partial charge on any atom is -0.388 e. The second-order valence-electron chi connectivity index (χ2n) is 6.33. The molecule has 0 bridgehead atoms. The van der Waals surface area contributed by atoms with Gasteiger partial charge in [-0.25, -0.2) is 0 Å². The molecule has 2 rings (SSSR count). The van der Waals surface area contributed by atoms with E-state index >= 15 is 0 Å². The first-order chi connectivity index (χ1) is 11.5. The van der Waals surface area contributed by atoms with Crippen molar-refractivity contribution < 1.29 is 9.67 Å². The normalized spacial score (nSPS) is 14.1. The van der Waals surface area contributed by atoms with Crippen LogP contribution in [0.2, 0.25) is 0 Å². The van der Waals surface area contributed by atoms with Crippen LogP contribution in [0, 0.1) is 0 Å². The van der Waals surface area contributed by atoms with Gasteiger partial charge < -0.3 is 9.67 Å². The Hall–Kier alpha value is -1.63. The fraction of sp³-hybridized carbons (Fsp3) is 0.333. The molecular formula is C21H27O2P. The number of aliphatic hydroxyl groups is 1. The summed E-state index contributed by atoms with van der Waals surface area (Å²) < 4.78 is 14.4. The van der Waals surface area contributed by atoms with Gasteiger partial charge in [-0.05, 0) is 13.3 Å². The minimum absolute atomic E-state index is 0.347. The van der Waals surface area contributed by atoms with Gasteiger partial charge in [-0.3, -0.25) is 0 Å². The first kappa shape index (κ1) is 18.7. The van der Waals surface area contributed by atoms with Crippen molar-refractivity contribution >= 4 is 17.8 Å². The van der Waals surface area contributed by atoms with E-state index in [4.69, 9.17) is 0 Å². The first-order valence-corrected chi connectivity index (χ1v) is 10.3. The van der Waals surface area contributed by atoms with Gasteiger partial charge in [-0.2, -0.15) is 0 Å². The van der Waals surface area contributed by atoms with Crippen LogP contribution in [0.25, 0.3) is 0 Å². The molecule has 0 aromatic heterocycles. The van der Waals surface area contributed by atoms with Gasteiger partial charge in [0.15, 0.2) is 0 Å². The second kappa shape index (κ2) is 8.46. The van der Waals surface area contributed by atoms with Gasteiger partial charge in [0, 0.05) is 10.6 Å². The molecule has 0 amide bonds. The average Bonchev–Trinajstić information content (AvgIpc) is 2.62. The summed E-state index contributed by atoms with van der Waals surface area (Å²) in [5.41, 5.74) is 0.322. The zero-order chi connectivity index (χ0) is 17.6. The van der Waals surface area contributed by atoms with E-state index in [1.165, 1.54) is 0 Å². The smallest absolute Gasteiger partial charge is 0.149 e. The highest BCUT2D eigenvalue weighted by Gasteiger charge is 2.40. The SMILES string of the molecule is C=C(C)[C@@H](O)[C@@H](CCCC)P(=O)(c1ccccc1)c1ccccc1. The summed E-state index contributed by atoms with van der Waals surface area (Å²) in [5, 5.41) is 12.4. The molecule has 2 aromatic carbocycles. The zero-order valence-electron chi connectivity index (χ0n) is 14.6. The molecule has 0 saturated carbocycles. The van der Waals surface area contributed by atoms with Crippen molar-refractivity contribution in [2.45, 2.75) is 44.9 Å². The van der Waals surface area contributed by atoms with Gasteiger partial charge in [0.25, 0.3) is 0 Å². The largest absolute Gasteiger partial charge is 0.388 e. The first-order valence-electron chi connectivity index (χ1n) is 8.56. The maximum Gasteiger partial charge on any atom is 0.149 e. The second-order valence-corrected chi connectivity index (χ2v) is 9.34. The van der Waals surface area contributed by atoms with Crippen LogP contribution in [0.3, 0.4) is 0 Å². The van der Waals surface area contributed by atoms with E-state index in [1.807, 2.05) is 67.6 Å². The van der Waals surface area contributed by atoms with Gasteiger partial charge in [-0.15, -0.1) is 0 Å². The third-order valence-electron chi connectivity index (χ3n) is 4.47. The van der Waals surface area contributed by atoms with Crippen molar-refractivity contribution in [2.24, 2.45) is 0 Å². The number of hydrogen-bond donors (Lipinski definition) is 1. The fourth-order valence-electron chi connectivity index (χ4n) is 3.11. The molecule has 0 aliphatic heterocycles. The Balaban J connectivity index is 2.63. The molecule has 0 saturated heterocycles. The topological polar surface area (TPSA) is 37.3 Å². The van der Waals surface area contributed by atoms with Crippen LogP contribution >= 0.6 is 7.14 Å². The van der Waals surface area contributed by atoms with Crippen molar-refractivity contribution in [1.29, 1.82) is 0 Å². The predicted molar refractivity (Wildman–Crippen MR) is 104 cm³/mol. The highest BCUT2D eigenvalue weighted by Crippen LogP contribution is 2.52. The van der Waals surface area contributed by atoms with E-state index in [2.05, 4.69) is 13.5 Å². The van der Waals surface area contributed by atoms with Crippen molar-refractivity contribution in [3.63, 3.8) is 0 Å². The molecule has 2 nitrogen and oxygen atoms in total. The van der Waals surface area contributed by atoms with Crippen LogP contribution in [0.1, 0.15) is 33.1 Å². The van der Waals surface area contributed by atoms with Gasteiger partial charge in [-0.1, -0.05) is 92.6 Å². The molecule has 128 valence electrons. The Bertz CT molecular complexity index is 651. The molecule has 1 N–H and O–H groups in total. The molecule has 0 fully saturated rings. The lowest BCUT2D eigenvalue weighted by Crippen LogP contribution is -2.35. The molecule has 2 atom stereocenters. The molecule has 3 heteroatoms. The lowest BCUT2D eigenvalue weighted by Gasteiger charge is -2.32. The molecule has 0 aliphatic rings. The van der Waals surface area contributed by atoms with Crippen molar-refractivity contribution in [2.75, 3.05) is 0 Å². The summed E-state index contributed by atoms with van der Waals surface area (Å²) in [5.74, 6) is 0. The van der Waals surface area contributed by atoms with E-state index in [-0.39, 0.29) is 5.66 Å². The maximum absolute atomic E-state index is 14.4. The van der Waals surface area contributed by atoms with Crippen LogP contribution in [-0.2, 0) is 4.57 Å². The summed E-state index contributed by atoms with van der Waals surface area (Å²) in [6.07, 6.45) is 1.87. The Kier molecular flexibility index (Phi) is 6.60. The fourth-order valence-corrected chi connectivity index (χ4v) is 6.60. The van der Waals surface area contributed by atoms with E-state index in [0.717, 1.165) is 23.5 Å². The van der Waals surface area contributed by atoms with Crippen LogP contribution in [0.15, 0.2) is 72.8 Å². The number of benzene rings is 2. The monoisotopic (exact) mass is 342 g/mol. The number of rotatable bonds is 8. The lowest BCUT2D eigenvalue weighted by molar-refractivity contribution is 0.199. The summed E-state index contributed by atoms with van der Waals surface area (Å²) in [6, 6.07) is 19.2. The summed E-state index contributed by atoms with van der Waals surface area (Å²) >= 11 is 0. The maximum atomic E-state index is 14.4. The third kappa shape index (κ3) is 3.88. The van der Waals surface area contributed by atoms with Gasteiger partial charge in [0.1, 0.15) is 7.14 Å². The van der Waals surface area contributed by atoms with Gasteiger partial charge in [0.05, 0.1) is 11.8 Å². The van der Waals surface area contributed by atoms with Crippen molar-refractivity contribution in [3.8, 4) is 0 Å². The van der Waals surface area contributed by atoms with Gasteiger partial charge in [0.2, 0.25) is 0 Å². The van der Waals surface area contributed by atoms with E-state index in [0.29, 0.717) is 12.0 Å². The van der Waals surface area contributed by atoms with Crippen LogP contribution < -0.4 is 10.6 Å². The van der Waals surface area contributed by atoms with Crippen LogP contribution in [0.4, 0.5) is 0 Å². The Labute approximate surface area is 145 Å². The quantitative estimate of drug-likeness (QED) is 0.567.